The number of rotatable bonds is 2. The van der Waals surface area contributed by atoms with E-state index in [1.807, 2.05) is 0 Å². The van der Waals surface area contributed by atoms with Gasteiger partial charge in [-0.15, -0.1) is 0 Å². The largest absolute Gasteiger partial charge is 0.511 e. The lowest BCUT2D eigenvalue weighted by Gasteiger charge is -2.57. The molecule has 4 N–H and O–H groups in total. The minimum Gasteiger partial charge on any atom is -0.511 e. The van der Waals surface area contributed by atoms with E-state index in [4.69, 9.17) is 9.47 Å². The average molecular weight is 392 g/mol. The number of carbonyl (C=O) groups excluding carboxylic acids is 2. The van der Waals surface area contributed by atoms with Crippen molar-refractivity contribution in [2.75, 3.05) is 0 Å². The highest BCUT2D eigenvalue weighted by Gasteiger charge is 2.97. The molecule has 5 rings (SSSR count). The second-order valence-electron chi connectivity index (χ2n) is 9.61. The Hall–Kier alpha value is -1.74. The third-order valence-electron chi connectivity index (χ3n) is 8.56. The molecule has 0 amide bonds. The SMILES string of the molecule is CC(=O)C1=C(O)[C@@]2(C)[C@H]3C(C(C)=O)=C(O)[C@@]4(C)[C@@H]1C1(C)O[C@@]4(O)[C@@]3(C)O[C@@]12O. The van der Waals surface area contributed by atoms with Gasteiger partial charge in [0.1, 0.15) is 22.7 Å². The second kappa shape index (κ2) is 4.09. The van der Waals surface area contributed by atoms with Crippen molar-refractivity contribution in [2.45, 2.75) is 64.3 Å². The summed E-state index contributed by atoms with van der Waals surface area (Å²) in [4.78, 5) is 25.2. The van der Waals surface area contributed by atoms with Crippen LogP contribution in [0, 0.1) is 22.7 Å². The van der Waals surface area contributed by atoms with E-state index in [1.54, 1.807) is 0 Å². The van der Waals surface area contributed by atoms with Crippen molar-refractivity contribution in [2.24, 2.45) is 22.7 Å². The fraction of sp³-hybridized carbons (Fsp3) is 0.700. The van der Waals surface area contributed by atoms with Crippen molar-refractivity contribution < 1.29 is 39.5 Å². The molecule has 0 radical (unpaired) electrons. The van der Waals surface area contributed by atoms with Gasteiger partial charge in [-0.1, -0.05) is 0 Å². The number of Topliss-reactive ketones (excluding diaryl/α,β-unsaturated/α-hetero) is 2. The molecule has 2 saturated heterocycles. The lowest BCUT2D eigenvalue weighted by atomic mass is 9.42. The molecule has 3 fully saturated rings. The van der Waals surface area contributed by atoms with Crippen LogP contribution in [0.4, 0.5) is 0 Å². The van der Waals surface area contributed by atoms with Gasteiger partial charge >= 0.3 is 0 Å². The summed E-state index contributed by atoms with van der Waals surface area (Å²) in [6.07, 6.45) is 0. The summed E-state index contributed by atoms with van der Waals surface area (Å²) in [5.74, 6) is -8.27. The number of aliphatic hydroxyl groups is 4. The van der Waals surface area contributed by atoms with E-state index >= 15 is 0 Å². The van der Waals surface area contributed by atoms with Crippen LogP contribution in [0.25, 0.3) is 0 Å². The molecule has 152 valence electrons. The highest BCUT2D eigenvalue weighted by atomic mass is 16.8. The van der Waals surface area contributed by atoms with E-state index in [9.17, 15) is 30.0 Å². The van der Waals surface area contributed by atoms with Gasteiger partial charge in [-0.05, 0) is 41.5 Å². The molecule has 1 unspecified atom stereocenters. The lowest BCUT2D eigenvalue weighted by molar-refractivity contribution is -0.452. The molecule has 2 aliphatic heterocycles. The summed E-state index contributed by atoms with van der Waals surface area (Å²) in [6.45, 7) is 8.53. The maximum atomic E-state index is 12.6. The van der Waals surface area contributed by atoms with Crippen LogP contribution in [0.15, 0.2) is 22.7 Å². The zero-order valence-corrected chi connectivity index (χ0v) is 16.6. The highest BCUT2D eigenvalue weighted by Crippen LogP contribution is 2.84. The van der Waals surface area contributed by atoms with Crippen LogP contribution < -0.4 is 0 Å². The van der Waals surface area contributed by atoms with Crippen LogP contribution >= 0.6 is 0 Å². The maximum Gasteiger partial charge on any atom is 0.209 e. The standard InChI is InChI=1S/C20H24O8/c1-7(21)9-11-15(3)14(24)10(8(2)22)12-16(4,13(9)23)20(26)17(11,5)27-19(15,25)18(12,6)28-20/h11-12,23-26H,1-6H3/t11-,12-,15-,16-,17+,18?,19-,20-/m1/s1. The van der Waals surface area contributed by atoms with E-state index < -0.39 is 57.0 Å². The second-order valence-corrected chi connectivity index (χ2v) is 9.61. The first-order valence-corrected chi connectivity index (χ1v) is 9.35. The van der Waals surface area contributed by atoms with Gasteiger partial charge < -0.3 is 29.9 Å². The van der Waals surface area contributed by atoms with Crippen LogP contribution in [0.2, 0.25) is 0 Å². The van der Waals surface area contributed by atoms with Gasteiger partial charge in [-0.3, -0.25) is 9.59 Å². The van der Waals surface area contributed by atoms with Crippen molar-refractivity contribution in [3.05, 3.63) is 22.7 Å². The fourth-order valence-corrected chi connectivity index (χ4v) is 7.50. The number of hydrogen-bond donors (Lipinski definition) is 4. The lowest BCUT2D eigenvalue weighted by Crippen LogP contribution is -2.70. The predicted molar refractivity (Wildman–Crippen MR) is 92.7 cm³/mol. The van der Waals surface area contributed by atoms with Crippen molar-refractivity contribution in [3.63, 3.8) is 0 Å². The van der Waals surface area contributed by atoms with Gasteiger partial charge in [0.15, 0.2) is 11.6 Å². The molecule has 0 spiro atoms. The quantitative estimate of drug-likeness (QED) is 0.548. The smallest absolute Gasteiger partial charge is 0.209 e. The van der Waals surface area contributed by atoms with Crippen LogP contribution in [-0.4, -0.2) is 54.8 Å². The third-order valence-corrected chi connectivity index (χ3v) is 8.56. The zero-order valence-electron chi connectivity index (χ0n) is 16.6. The van der Waals surface area contributed by atoms with Gasteiger partial charge in [-0.25, -0.2) is 0 Å². The van der Waals surface area contributed by atoms with Gasteiger partial charge in [0.05, 0.1) is 10.8 Å². The minimum atomic E-state index is -2.14. The van der Waals surface area contributed by atoms with Crippen molar-refractivity contribution >= 4 is 11.6 Å². The molecule has 0 aromatic rings. The molecule has 0 aromatic carbocycles. The molecule has 2 heterocycles. The third kappa shape index (κ3) is 1.16. The molecule has 5 aliphatic rings. The van der Waals surface area contributed by atoms with Gasteiger partial charge in [0, 0.05) is 23.0 Å². The topological polar surface area (TPSA) is 134 Å². The summed E-state index contributed by atoms with van der Waals surface area (Å²) in [7, 11) is 0. The Balaban J connectivity index is 2.09. The van der Waals surface area contributed by atoms with Crippen LogP contribution in [0.1, 0.15) is 41.5 Å². The van der Waals surface area contributed by atoms with Crippen molar-refractivity contribution in [1.29, 1.82) is 0 Å². The number of ether oxygens (including phenoxy) is 2. The average Bonchev–Trinajstić information content (AvgIpc) is 2.87. The molecule has 28 heavy (non-hydrogen) atoms. The highest BCUT2D eigenvalue weighted by molar-refractivity contribution is 5.99. The van der Waals surface area contributed by atoms with E-state index in [0.29, 0.717) is 0 Å². The van der Waals surface area contributed by atoms with Crippen molar-refractivity contribution in [1.82, 2.24) is 0 Å². The zero-order chi connectivity index (χ0) is 21.0. The Morgan fingerprint density at radius 1 is 0.750 bits per heavy atom. The first kappa shape index (κ1) is 18.3. The molecular weight excluding hydrogens is 368 g/mol. The Bertz CT molecular complexity index is 903. The van der Waals surface area contributed by atoms with Gasteiger partial charge in [-0.2, -0.15) is 0 Å². The number of aliphatic hydroxyl groups excluding tert-OH is 2. The molecule has 8 atom stereocenters. The first-order valence-electron chi connectivity index (χ1n) is 9.35. The Labute approximate surface area is 161 Å². The number of hydrogen-bond acceptors (Lipinski definition) is 8. The molecule has 1 saturated carbocycles. The van der Waals surface area contributed by atoms with E-state index in [-0.39, 0.29) is 22.7 Å². The molecule has 8 heteroatoms. The minimum absolute atomic E-state index is 0.0280. The monoisotopic (exact) mass is 392 g/mol. The Morgan fingerprint density at radius 2 is 1.04 bits per heavy atom. The maximum absolute atomic E-state index is 12.6. The summed E-state index contributed by atoms with van der Waals surface area (Å²) in [6, 6.07) is 0. The van der Waals surface area contributed by atoms with Gasteiger partial charge in [0.2, 0.25) is 11.6 Å². The van der Waals surface area contributed by atoms with E-state index in [0.717, 1.165) is 0 Å². The first-order chi connectivity index (χ1) is 12.6. The number of ketones is 2. The molecule has 3 aliphatic carbocycles. The van der Waals surface area contributed by atoms with Crippen molar-refractivity contribution in [3.8, 4) is 0 Å². The van der Waals surface area contributed by atoms with Crippen LogP contribution in [0.5, 0.6) is 0 Å². The fourth-order valence-electron chi connectivity index (χ4n) is 7.50. The number of carbonyl (C=O) groups is 2. The van der Waals surface area contributed by atoms with Gasteiger partial charge in [0.25, 0.3) is 0 Å². The predicted octanol–water partition coefficient (Wildman–Crippen LogP) is 1.03. The molecular formula is C20H24O8. The Morgan fingerprint density at radius 3 is 1.29 bits per heavy atom. The molecule has 8 bridgehead atoms. The summed E-state index contributed by atoms with van der Waals surface area (Å²) < 4.78 is 12.2. The van der Waals surface area contributed by atoms with Crippen LogP contribution in [0.3, 0.4) is 0 Å². The summed E-state index contributed by atoms with van der Waals surface area (Å²) in [5, 5.41) is 46.2. The molecule has 8 nitrogen and oxygen atoms in total. The molecule has 0 aromatic heterocycles. The Kier molecular flexibility index (Phi) is 2.68. The summed E-state index contributed by atoms with van der Waals surface area (Å²) >= 11 is 0. The normalized spacial score (nSPS) is 58.1. The van der Waals surface area contributed by atoms with Crippen LogP contribution in [-0.2, 0) is 19.1 Å². The van der Waals surface area contributed by atoms with E-state index in [2.05, 4.69) is 0 Å². The summed E-state index contributed by atoms with van der Waals surface area (Å²) in [5.41, 5.74) is -6.75. The van der Waals surface area contributed by atoms with E-state index in [1.165, 1.54) is 41.5 Å².